The molecular weight excluding hydrogens is 184 g/mol. The first-order chi connectivity index (χ1) is 6.61. The second kappa shape index (κ2) is 4.75. The van der Waals surface area contributed by atoms with E-state index in [2.05, 4.69) is 0 Å². The molecule has 0 aromatic carbocycles. The van der Waals surface area contributed by atoms with Crippen LogP contribution in [0.1, 0.15) is 26.2 Å². The van der Waals surface area contributed by atoms with Crippen LogP contribution in [0, 0.1) is 11.3 Å². The highest BCUT2D eigenvalue weighted by Gasteiger charge is 2.46. The molecule has 4 nitrogen and oxygen atoms in total. The van der Waals surface area contributed by atoms with Crippen molar-refractivity contribution in [3.05, 3.63) is 0 Å². The average molecular weight is 202 g/mol. The minimum absolute atomic E-state index is 0.00673. The van der Waals surface area contributed by atoms with Crippen molar-refractivity contribution in [3.8, 4) is 0 Å². The largest absolute Gasteiger partial charge is 0.481 e. The number of aliphatic carboxylic acids is 1. The number of aliphatic hydroxyl groups is 1. The fourth-order valence-corrected chi connectivity index (χ4v) is 1.66. The molecule has 1 aliphatic carbocycles. The average Bonchev–Trinajstić information content (AvgIpc) is 2.95. The van der Waals surface area contributed by atoms with Crippen LogP contribution in [-0.4, -0.2) is 36.0 Å². The van der Waals surface area contributed by atoms with Crippen molar-refractivity contribution in [1.29, 1.82) is 0 Å². The standard InChI is InChI=1S/C10H18O4/c1-10(9(12)13,8-2-3-8)4-6-14-7-5-11/h8,11H,2-7H2,1H3,(H,12,13). The molecule has 1 saturated carbocycles. The van der Waals surface area contributed by atoms with Crippen molar-refractivity contribution in [2.45, 2.75) is 26.2 Å². The summed E-state index contributed by atoms with van der Waals surface area (Å²) < 4.78 is 5.09. The van der Waals surface area contributed by atoms with Crippen LogP contribution in [0.15, 0.2) is 0 Å². The highest BCUT2D eigenvalue weighted by Crippen LogP contribution is 2.47. The Balaban J connectivity index is 2.32. The number of carboxylic acid groups (broad SMARTS) is 1. The van der Waals surface area contributed by atoms with E-state index in [9.17, 15) is 4.79 Å². The molecule has 1 fully saturated rings. The summed E-state index contributed by atoms with van der Waals surface area (Å²) in [5.41, 5.74) is -0.630. The summed E-state index contributed by atoms with van der Waals surface area (Å²) in [5, 5.41) is 17.6. The zero-order chi connectivity index (χ0) is 10.6. The van der Waals surface area contributed by atoms with Gasteiger partial charge in [0.05, 0.1) is 18.6 Å². The Morgan fingerprint density at radius 2 is 2.14 bits per heavy atom. The number of ether oxygens (including phenoxy) is 1. The minimum atomic E-state index is -0.729. The van der Waals surface area contributed by atoms with Crippen molar-refractivity contribution < 1.29 is 19.7 Å². The van der Waals surface area contributed by atoms with Crippen molar-refractivity contribution in [1.82, 2.24) is 0 Å². The van der Waals surface area contributed by atoms with Gasteiger partial charge in [-0.3, -0.25) is 4.79 Å². The fourth-order valence-electron chi connectivity index (χ4n) is 1.66. The van der Waals surface area contributed by atoms with Gasteiger partial charge in [0.1, 0.15) is 0 Å². The summed E-state index contributed by atoms with van der Waals surface area (Å²) in [4.78, 5) is 11.1. The van der Waals surface area contributed by atoms with Gasteiger partial charge in [-0.25, -0.2) is 0 Å². The lowest BCUT2D eigenvalue weighted by Gasteiger charge is -2.24. The van der Waals surface area contributed by atoms with Crippen LogP contribution < -0.4 is 0 Å². The number of aliphatic hydroxyl groups excluding tert-OH is 1. The second-order valence-electron chi connectivity index (χ2n) is 4.08. The normalized spacial score (nSPS) is 20.4. The van der Waals surface area contributed by atoms with Gasteiger partial charge in [0.2, 0.25) is 0 Å². The van der Waals surface area contributed by atoms with Crippen molar-refractivity contribution in [2.24, 2.45) is 11.3 Å². The molecule has 1 aliphatic rings. The van der Waals surface area contributed by atoms with Crippen molar-refractivity contribution >= 4 is 5.97 Å². The quantitative estimate of drug-likeness (QED) is 0.601. The van der Waals surface area contributed by atoms with Crippen LogP contribution >= 0.6 is 0 Å². The Bertz CT molecular complexity index is 200. The zero-order valence-corrected chi connectivity index (χ0v) is 8.53. The van der Waals surface area contributed by atoms with Gasteiger partial charge in [-0.1, -0.05) is 0 Å². The number of hydrogen-bond acceptors (Lipinski definition) is 3. The monoisotopic (exact) mass is 202 g/mol. The van der Waals surface area contributed by atoms with Gasteiger partial charge in [-0.05, 0) is 32.1 Å². The van der Waals surface area contributed by atoms with Crippen LogP contribution in [0.4, 0.5) is 0 Å². The van der Waals surface area contributed by atoms with Gasteiger partial charge >= 0.3 is 5.97 Å². The fraction of sp³-hybridized carbons (Fsp3) is 0.900. The summed E-state index contributed by atoms with van der Waals surface area (Å²) in [6.07, 6.45) is 2.57. The number of carbonyl (C=O) groups is 1. The highest BCUT2D eigenvalue weighted by atomic mass is 16.5. The smallest absolute Gasteiger partial charge is 0.309 e. The Labute approximate surface area is 83.9 Å². The summed E-state index contributed by atoms with van der Waals surface area (Å²) in [6, 6.07) is 0. The molecule has 0 spiro atoms. The molecule has 0 saturated heterocycles. The van der Waals surface area contributed by atoms with E-state index in [-0.39, 0.29) is 6.61 Å². The Morgan fingerprint density at radius 3 is 2.57 bits per heavy atom. The van der Waals surface area contributed by atoms with Gasteiger partial charge in [-0.15, -0.1) is 0 Å². The second-order valence-corrected chi connectivity index (χ2v) is 4.08. The Hall–Kier alpha value is -0.610. The van der Waals surface area contributed by atoms with Gasteiger partial charge < -0.3 is 14.9 Å². The molecular formula is C10H18O4. The predicted octanol–water partition coefficient (Wildman–Crippen LogP) is 0.886. The summed E-state index contributed by atoms with van der Waals surface area (Å²) in [6.45, 7) is 2.49. The Kier molecular flexibility index (Phi) is 3.89. The molecule has 82 valence electrons. The van der Waals surface area contributed by atoms with Gasteiger partial charge in [0, 0.05) is 6.61 Å². The zero-order valence-electron chi connectivity index (χ0n) is 8.53. The van der Waals surface area contributed by atoms with E-state index in [1.54, 1.807) is 6.92 Å². The van der Waals surface area contributed by atoms with E-state index in [1.165, 1.54) is 0 Å². The third-order valence-corrected chi connectivity index (χ3v) is 2.97. The molecule has 1 rings (SSSR count). The van der Waals surface area contributed by atoms with Crippen LogP contribution in [0.2, 0.25) is 0 Å². The van der Waals surface area contributed by atoms with Gasteiger partial charge in [-0.2, -0.15) is 0 Å². The van der Waals surface area contributed by atoms with Crippen molar-refractivity contribution in [2.75, 3.05) is 19.8 Å². The lowest BCUT2D eigenvalue weighted by atomic mass is 9.82. The molecule has 0 bridgehead atoms. The van der Waals surface area contributed by atoms with Crippen LogP contribution in [0.25, 0.3) is 0 Å². The summed E-state index contributed by atoms with van der Waals surface area (Å²) in [7, 11) is 0. The van der Waals surface area contributed by atoms with E-state index in [4.69, 9.17) is 14.9 Å². The topological polar surface area (TPSA) is 66.8 Å². The maximum atomic E-state index is 11.1. The first-order valence-corrected chi connectivity index (χ1v) is 5.03. The molecule has 0 aromatic rings. The molecule has 14 heavy (non-hydrogen) atoms. The minimum Gasteiger partial charge on any atom is -0.481 e. The van der Waals surface area contributed by atoms with E-state index < -0.39 is 11.4 Å². The lowest BCUT2D eigenvalue weighted by molar-refractivity contribution is -0.150. The Morgan fingerprint density at radius 1 is 1.50 bits per heavy atom. The first kappa shape index (κ1) is 11.5. The molecule has 0 amide bonds. The summed E-state index contributed by atoms with van der Waals surface area (Å²) in [5.74, 6) is -0.412. The maximum Gasteiger partial charge on any atom is 0.309 e. The SMILES string of the molecule is CC(CCOCCO)(C(=O)O)C1CC1. The number of rotatable bonds is 7. The molecule has 1 atom stereocenters. The predicted molar refractivity (Wildman–Crippen MR) is 51.0 cm³/mol. The molecule has 4 heteroatoms. The van der Waals surface area contributed by atoms with Crippen molar-refractivity contribution in [3.63, 3.8) is 0 Å². The van der Waals surface area contributed by atoms with Crippen LogP contribution in [0.5, 0.6) is 0 Å². The highest BCUT2D eigenvalue weighted by molar-refractivity contribution is 5.75. The van der Waals surface area contributed by atoms with E-state index in [0.717, 1.165) is 12.8 Å². The lowest BCUT2D eigenvalue weighted by Crippen LogP contribution is -2.31. The van der Waals surface area contributed by atoms with E-state index in [0.29, 0.717) is 25.6 Å². The van der Waals surface area contributed by atoms with E-state index >= 15 is 0 Å². The molecule has 0 aromatic heterocycles. The third-order valence-electron chi connectivity index (χ3n) is 2.97. The molecule has 0 heterocycles. The van der Waals surface area contributed by atoms with Gasteiger partial charge in [0.15, 0.2) is 0 Å². The molecule has 2 N–H and O–H groups in total. The number of carboxylic acids is 1. The summed E-state index contributed by atoms with van der Waals surface area (Å²) >= 11 is 0. The first-order valence-electron chi connectivity index (χ1n) is 5.03. The van der Waals surface area contributed by atoms with Crippen LogP contribution in [0.3, 0.4) is 0 Å². The van der Waals surface area contributed by atoms with Gasteiger partial charge in [0.25, 0.3) is 0 Å². The van der Waals surface area contributed by atoms with E-state index in [1.807, 2.05) is 0 Å². The number of hydrogen-bond donors (Lipinski definition) is 2. The molecule has 0 aliphatic heterocycles. The van der Waals surface area contributed by atoms with Crippen LogP contribution in [-0.2, 0) is 9.53 Å². The third kappa shape index (κ3) is 2.69. The maximum absolute atomic E-state index is 11.1. The molecule has 1 unspecified atom stereocenters. The molecule has 0 radical (unpaired) electrons.